The van der Waals surface area contributed by atoms with E-state index in [1.54, 1.807) is 19.1 Å². The first-order valence-corrected chi connectivity index (χ1v) is 9.27. The molecule has 2 aromatic rings. The van der Waals surface area contributed by atoms with E-state index in [1.165, 1.54) is 31.4 Å². The number of methoxy groups -OCH3 is 1. The van der Waals surface area contributed by atoms with E-state index in [2.05, 4.69) is 0 Å². The Balaban J connectivity index is 2.30. The van der Waals surface area contributed by atoms with Gasteiger partial charge in [-0.25, -0.2) is 0 Å². The van der Waals surface area contributed by atoms with E-state index in [9.17, 15) is 8.42 Å². The molecule has 0 aliphatic rings. The van der Waals surface area contributed by atoms with Crippen LogP contribution >= 0.6 is 11.6 Å². The van der Waals surface area contributed by atoms with Crippen LogP contribution < -0.4 is 13.7 Å². The Labute approximate surface area is 152 Å². The number of aliphatic hydroxyl groups excluding tert-OH is 1. The van der Waals surface area contributed by atoms with Crippen molar-refractivity contribution in [1.82, 2.24) is 0 Å². The number of aliphatic hydroxyl groups is 1. The average Bonchev–Trinajstić information content (AvgIpc) is 2.54. The lowest BCUT2D eigenvalue weighted by molar-refractivity contribution is 0.233. The molecule has 0 heterocycles. The van der Waals surface area contributed by atoms with Gasteiger partial charge < -0.3 is 18.8 Å². The van der Waals surface area contributed by atoms with Crippen LogP contribution in [-0.2, 0) is 10.1 Å². The Morgan fingerprint density at radius 1 is 1.12 bits per heavy atom. The number of halogens is 1. The highest BCUT2D eigenvalue weighted by atomic mass is 35.5. The van der Waals surface area contributed by atoms with Crippen molar-refractivity contribution in [3.63, 3.8) is 0 Å². The summed E-state index contributed by atoms with van der Waals surface area (Å²) in [6.45, 7) is 2.12. The molecule has 0 fully saturated rings. The van der Waals surface area contributed by atoms with E-state index >= 15 is 0 Å². The molecule has 0 aromatic heterocycles. The molecule has 0 unspecified atom stereocenters. The second-order valence-corrected chi connectivity index (χ2v) is 7.19. The molecule has 6 nitrogen and oxygen atoms in total. The van der Waals surface area contributed by atoms with Gasteiger partial charge in [0.2, 0.25) is 0 Å². The van der Waals surface area contributed by atoms with Crippen molar-refractivity contribution in [2.45, 2.75) is 18.2 Å². The van der Waals surface area contributed by atoms with Crippen molar-refractivity contribution in [3.05, 3.63) is 47.0 Å². The van der Waals surface area contributed by atoms with Crippen LogP contribution in [0.1, 0.15) is 12.0 Å². The second kappa shape index (κ2) is 8.42. The van der Waals surface area contributed by atoms with Crippen molar-refractivity contribution in [2.75, 3.05) is 20.3 Å². The third-order valence-electron chi connectivity index (χ3n) is 3.20. The van der Waals surface area contributed by atoms with Crippen molar-refractivity contribution in [3.8, 4) is 17.2 Å². The zero-order valence-corrected chi connectivity index (χ0v) is 15.4. The van der Waals surface area contributed by atoms with E-state index in [0.29, 0.717) is 18.8 Å². The van der Waals surface area contributed by atoms with Gasteiger partial charge in [0.1, 0.15) is 22.1 Å². The predicted molar refractivity (Wildman–Crippen MR) is 94.2 cm³/mol. The molecule has 2 rings (SSSR count). The third kappa shape index (κ3) is 5.26. The lowest BCUT2D eigenvalue weighted by Gasteiger charge is -2.13. The number of benzene rings is 2. The molecule has 0 saturated carbocycles. The van der Waals surface area contributed by atoms with Gasteiger partial charge in [0.05, 0.1) is 13.7 Å². The number of aryl methyl sites for hydroxylation is 1. The monoisotopic (exact) mass is 386 g/mol. The molecule has 0 aliphatic heterocycles. The van der Waals surface area contributed by atoms with Crippen LogP contribution in [-0.4, -0.2) is 33.8 Å². The van der Waals surface area contributed by atoms with Gasteiger partial charge >= 0.3 is 10.1 Å². The fourth-order valence-corrected chi connectivity index (χ4v) is 3.46. The molecular formula is C17H19ClO6S. The molecule has 25 heavy (non-hydrogen) atoms. The van der Waals surface area contributed by atoms with Crippen molar-refractivity contribution in [2.24, 2.45) is 0 Å². The van der Waals surface area contributed by atoms with Crippen LogP contribution in [0.5, 0.6) is 17.2 Å². The van der Waals surface area contributed by atoms with Crippen LogP contribution in [0.2, 0.25) is 5.02 Å². The summed E-state index contributed by atoms with van der Waals surface area (Å²) in [6.07, 6.45) is 0.474. The maximum absolute atomic E-state index is 12.6. The highest BCUT2D eigenvalue weighted by Gasteiger charge is 2.23. The van der Waals surface area contributed by atoms with E-state index in [0.717, 1.165) is 5.56 Å². The molecule has 0 spiro atoms. The van der Waals surface area contributed by atoms with E-state index < -0.39 is 10.1 Å². The maximum Gasteiger partial charge on any atom is 0.342 e. The molecule has 1 N–H and O–H groups in total. The lowest BCUT2D eigenvalue weighted by Crippen LogP contribution is -2.11. The SMILES string of the molecule is COc1ccc(Cl)cc1S(=O)(=O)Oc1cc(C)cc(OCCCO)c1. The van der Waals surface area contributed by atoms with E-state index in [1.807, 2.05) is 0 Å². The molecule has 136 valence electrons. The number of rotatable bonds is 8. The molecule has 0 saturated heterocycles. The van der Waals surface area contributed by atoms with Gasteiger partial charge in [0.15, 0.2) is 0 Å². The van der Waals surface area contributed by atoms with Crippen LogP contribution in [0.4, 0.5) is 0 Å². The minimum atomic E-state index is -4.14. The van der Waals surface area contributed by atoms with E-state index in [-0.39, 0.29) is 28.0 Å². The zero-order chi connectivity index (χ0) is 18.4. The zero-order valence-electron chi connectivity index (χ0n) is 13.9. The highest BCUT2D eigenvalue weighted by molar-refractivity contribution is 7.87. The van der Waals surface area contributed by atoms with Crippen molar-refractivity contribution in [1.29, 1.82) is 0 Å². The van der Waals surface area contributed by atoms with Crippen LogP contribution in [0.25, 0.3) is 0 Å². The summed E-state index contributed by atoms with van der Waals surface area (Å²) in [5.74, 6) is 0.703. The van der Waals surface area contributed by atoms with Gasteiger partial charge in [-0.05, 0) is 42.8 Å². The molecule has 0 amide bonds. The van der Waals surface area contributed by atoms with Crippen LogP contribution in [0, 0.1) is 6.92 Å². The maximum atomic E-state index is 12.6. The number of hydrogen-bond donors (Lipinski definition) is 1. The molecule has 0 radical (unpaired) electrons. The van der Waals surface area contributed by atoms with Gasteiger partial charge in [-0.3, -0.25) is 0 Å². The fraction of sp³-hybridized carbons (Fsp3) is 0.294. The Bertz CT molecular complexity index is 835. The Kier molecular flexibility index (Phi) is 6.52. The molecular weight excluding hydrogens is 368 g/mol. The topological polar surface area (TPSA) is 82.1 Å². The Morgan fingerprint density at radius 2 is 1.84 bits per heavy atom. The Hall–Kier alpha value is -1.96. The van der Waals surface area contributed by atoms with Gasteiger partial charge in [-0.2, -0.15) is 8.42 Å². The standard InChI is InChI=1S/C17H19ClO6S/c1-12-8-14(23-7-3-6-19)11-15(9-12)24-25(20,21)17-10-13(18)4-5-16(17)22-2/h4-5,8-11,19H,3,6-7H2,1-2H3. The molecule has 0 bridgehead atoms. The first kappa shape index (κ1) is 19.4. The quantitative estimate of drug-likeness (QED) is 0.554. The van der Waals surface area contributed by atoms with Crippen molar-refractivity contribution < 1.29 is 27.2 Å². The van der Waals surface area contributed by atoms with Gasteiger partial charge in [-0.15, -0.1) is 0 Å². The molecule has 8 heteroatoms. The minimum Gasteiger partial charge on any atom is -0.495 e. The molecule has 0 aliphatic carbocycles. The summed E-state index contributed by atoms with van der Waals surface area (Å²) in [5, 5.41) is 9.05. The lowest BCUT2D eigenvalue weighted by atomic mass is 10.2. The summed E-state index contributed by atoms with van der Waals surface area (Å²) >= 11 is 5.89. The minimum absolute atomic E-state index is 0.0120. The number of hydrogen-bond acceptors (Lipinski definition) is 6. The van der Waals surface area contributed by atoms with E-state index in [4.69, 9.17) is 30.4 Å². The van der Waals surface area contributed by atoms with Crippen LogP contribution in [0.15, 0.2) is 41.3 Å². The van der Waals surface area contributed by atoms with Gasteiger partial charge in [0.25, 0.3) is 0 Å². The fourth-order valence-electron chi connectivity index (χ4n) is 2.12. The highest BCUT2D eigenvalue weighted by Crippen LogP contribution is 2.31. The predicted octanol–water partition coefficient (Wildman–Crippen LogP) is 3.19. The first-order chi connectivity index (χ1) is 11.9. The third-order valence-corrected chi connectivity index (χ3v) is 4.70. The normalized spacial score (nSPS) is 11.2. The first-order valence-electron chi connectivity index (χ1n) is 7.49. The summed E-state index contributed by atoms with van der Waals surface area (Å²) in [4.78, 5) is -0.160. The smallest absolute Gasteiger partial charge is 0.342 e. The largest absolute Gasteiger partial charge is 0.495 e. The summed E-state index contributed by atoms with van der Waals surface area (Å²) in [6, 6.07) is 9.05. The van der Waals surface area contributed by atoms with Crippen LogP contribution in [0.3, 0.4) is 0 Å². The average molecular weight is 387 g/mol. The van der Waals surface area contributed by atoms with Gasteiger partial charge in [-0.1, -0.05) is 11.6 Å². The molecule has 0 atom stereocenters. The van der Waals surface area contributed by atoms with Crippen molar-refractivity contribution >= 4 is 21.7 Å². The Morgan fingerprint density at radius 3 is 2.52 bits per heavy atom. The molecule has 2 aromatic carbocycles. The summed E-state index contributed by atoms with van der Waals surface area (Å²) in [7, 11) is -2.78. The summed E-state index contributed by atoms with van der Waals surface area (Å²) < 4.78 is 40.9. The number of ether oxygens (including phenoxy) is 2. The van der Waals surface area contributed by atoms with Gasteiger partial charge in [0, 0.05) is 24.1 Å². The second-order valence-electron chi connectivity index (χ2n) is 5.24. The summed E-state index contributed by atoms with van der Waals surface area (Å²) in [5.41, 5.74) is 0.768.